The summed E-state index contributed by atoms with van der Waals surface area (Å²) >= 11 is 10.5. The van der Waals surface area contributed by atoms with E-state index in [1.54, 1.807) is 24.1 Å². The third-order valence-corrected chi connectivity index (χ3v) is 3.05. The summed E-state index contributed by atoms with van der Waals surface area (Å²) in [7, 11) is 1.74. The van der Waals surface area contributed by atoms with Crippen LogP contribution in [0, 0.1) is 0 Å². The largest absolute Gasteiger partial charge is 0.393 e. The first-order valence-electron chi connectivity index (χ1n) is 5.21. The van der Waals surface area contributed by atoms with Gasteiger partial charge in [0.2, 0.25) is 5.91 Å². The fourth-order valence-corrected chi connectivity index (χ4v) is 1.70. The van der Waals surface area contributed by atoms with Crippen LogP contribution >= 0.6 is 23.8 Å². The zero-order valence-electron chi connectivity index (χ0n) is 9.81. The standard InChI is InChI=1S/C12H15ClN2OS/c1-8(9-3-5-10(13)6-4-9)15(2)12(16)7-11(14)17/h3-6,8H,7H2,1-2H3,(H2,14,17). The van der Waals surface area contributed by atoms with Crippen molar-refractivity contribution in [2.45, 2.75) is 19.4 Å². The van der Waals surface area contributed by atoms with Gasteiger partial charge in [-0.1, -0.05) is 36.0 Å². The van der Waals surface area contributed by atoms with Crippen molar-refractivity contribution in [1.82, 2.24) is 4.90 Å². The molecular weight excluding hydrogens is 256 g/mol. The number of hydrogen-bond donors (Lipinski definition) is 1. The van der Waals surface area contributed by atoms with E-state index in [9.17, 15) is 4.79 Å². The third kappa shape index (κ3) is 3.98. The number of thiocarbonyl (C=S) groups is 1. The van der Waals surface area contributed by atoms with E-state index in [4.69, 9.17) is 29.6 Å². The lowest BCUT2D eigenvalue weighted by Gasteiger charge is -2.25. The highest BCUT2D eigenvalue weighted by molar-refractivity contribution is 7.80. The molecular formula is C12H15ClN2OS. The van der Waals surface area contributed by atoms with Gasteiger partial charge in [-0.2, -0.15) is 0 Å². The number of carbonyl (C=O) groups is 1. The Kier molecular flexibility index (Phi) is 4.90. The molecule has 0 aliphatic rings. The molecule has 1 rings (SSSR count). The number of nitrogens with two attached hydrogens (primary N) is 1. The maximum Gasteiger partial charge on any atom is 0.229 e. The van der Waals surface area contributed by atoms with Crippen LogP contribution in [0.25, 0.3) is 0 Å². The minimum Gasteiger partial charge on any atom is -0.393 e. The molecule has 0 spiro atoms. The monoisotopic (exact) mass is 270 g/mol. The quantitative estimate of drug-likeness (QED) is 0.856. The first-order chi connectivity index (χ1) is 7.91. The highest BCUT2D eigenvalue weighted by Gasteiger charge is 2.17. The molecule has 0 fully saturated rings. The molecule has 2 N–H and O–H groups in total. The van der Waals surface area contributed by atoms with E-state index >= 15 is 0 Å². The van der Waals surface area contributed by atoms with Gasteiger partial charge in [0.1, 0.15) is 0 Å². The van der Waals surface area contributed by atoms with E-state index in [-0.39, 0.29) is 23.4 Å². The molecule has 0 radical (unpaired) electrons. The van der Waals surface area contributed by atoms with Gasteiger partial charge in [0.05, 0.1) is 17.5 Å². The third-order valence-electron chi connectivity index (χ3n) is 2.65. The van der Waals surface area contributed by atoms with E-state index in [1.165, 1.54) is 0 Å². The van der Waals surface area contributed by atoms with E-state index in [0.717, 1.165) is 5.56 Å². The first-order valence-corrected chi connectivity index (χ1v) is 6.00. The zero-order chi connectivity index (χ0) is 13.0. The SMILES string of the molecule is CC(c1ccc(Cl)cc1)N(C)C(=O)CC(N)=S. The number of carbonyl (C=O) groups excluding carboxylic acids is 1. The average Bonchev–Trinajstić information content (AvgIpc) is 2.27. The number of amides is 1. The Hall–Kier alpha value is -1.13. The van der Waals surface area contributed by atoms with Crippen LogP contribution in [-0.4, -0.2) is 22.8 Å². The van der Waals surface area contributed by atoms with E-state index in [1.807, 2.05) is 19.1 Å². The zero-order valence-corrected chi connectivity index (χ0v) is 11.4. The number of hydrogen-bond acceptors (Lipinski definition) is 2. The van der Waals surface area contributed by atoms with E-state index in [2.05, 4.69) is 0 Å². The Balaban J connectivity index is 2.75. The molecule has 0 aromatic heterocycles. The van der Waals surface area contributed by atoms with Gasteiger partial charge in [0, 0.05) is 12.1 Å². The Morgan fingerprint density at radius 1 is 1.47 bits per heavy atom. The van der Waals surface area contributed by atoms with Crippen LogP contribution in [0.1, 0.15) is 24.9 Å². The molecule has 0 heterocycles. The Labute approximate surface area is 112 Å². The van der Waals surface area contributed by atoms with Gasteiger partial charge in [0.25, 0.3) is 0 Å². The molecule has 1 aromatic carbocycles. The Morgan fingerprint density at radius 3 is 2.47 bits per heavy atom. The molecule has 0 bridgehead atoms. The average molecular weight is 271 g/mol. The second-order valence-corrected chi connectivity index (χ2v) is 4.84. The molecule has 92 valence electrons. The van der Waals surface area contributed by atoms with Crippen molar-refractivity contribution in [3.63, 3.8) is 0 Å². The van der Waals surface area contributed by atoms with Gasteiger partial charge in [-0.25, -0.2) is 0 Å². The highest BCUT2D eigenvalue weighted by atomic mass is 35.5. The van der Waals surface area contributed by atoms with Crippen molar-refractivity contribution in [1.29, 1.82) is 0 Å². The lowest BCUT2D eigenvalue weighted by Crippen LogP contribution is -2.32. The number of benzene rings is 1. The molecule has 5 heteroatoms. The van der Waals surface area contributed by atoms with Crippen LogP contribution in [0.5, 0.6) is 0 Å². The van der Waals surface area contributed by atoms with Gasteiger partial charge < -0.3 is 10.6 Å². The molecule has 3 nitrogen and oxygen atoms in total. The topological polar surface area (TPSA) is 46.3 Å². The highest BCUT2D eigenvalue weighted by Crippen LogP contribution is 2.21. The molecule has 0 aliphatic heterocycles. The van der Waals surface area contributed by atoms with Crippen molar-refractivity contribution in [3.05, 3.63) is 34.9 Å². The summed E-state index contributed by atoms with van der Waals surface area (Å²) in [6.07, 6.45) is 0.101. The number of nitrogens with zero attached hydrogens (tertiary/aromatic N) is 1. The van der Waals surface area contributed by atoms with Crippen molar-refractivity contribution in [3.8, 4) is 0 Å². The van der Waals surface area contributed by atoms with Gasteiger partial charge >= 0.3 is 0 Å². The summed E-state index contributed by atoms with van der Waals surface area (Å²) in [4.78, 5) is 13.6. The molecule has 0 saturated carbocycles. The Bertz CT molecular complexity index is 419. The maximum atomic E-state index is 11.8. The fraction of sp³-hybridized carbons (Fsp3) is 0.333. The van der Waals surface area contributed by atoms with Crippen LogP contribution in [0.2, 0.25) is 5.02 Å². The molecule has 0 aliphatic carbocycles. The van der Waals surface area contributed by atoms with Crippen molar-refractivity contribution in [2.24, 2.45) is 5.73 Å². The van der Waals surface area contributed by atoms with Crippen molar-refractivity contribution < 1.29 is 4.79 Å². The predicted molar refractivity (Wildman–Crippen MR) is 74.0 cm³/mol. The summed E-state index contributed by atoms with van der Waals surface area (Å²) in [5, 5.41) is 0.679. The van der Waals surface area contributed by atoms with Crippen LogP contribution in [-0.2, 0) is 4.79 Å². The summed E-state index contributed by atoms with van der Waals surface area (Å²) < 4.78 is 0. The normalized spacial score (nSPS) is 11.9. The molecule has 17 heavy (non-hydrogen) atoms. The summed E-state index contributed by atoms with van der Waals surface area (Å²) in [6.45, 7) is 1.95. The van der Waals surface area contributed by atoms with Crippen molar-refractivity contribution in [2.75, 3.05) is 7.05 Å². The lowest BCUT2D eigenvalue weighted by molar-refractivity contribution is -0.130. The maximum absolute atomic E-state index is 11.8. The lowest BCUT2D eigenvalue weighted by atomic mass is 10.1. The van der Waals surface area contributed by atoms with E-state index < -0.39 is 0 Å². The second-order valence-electron chi connectivity index (χ2n) is 3.88. The van der Waals surface area contributed by atoms with Crippen LogP contribution in [0.15, 0.2) is 24.3 Å². The second kappa shape index (κ2) is 5.98. The van der Waals surface area contributed by atoms with Gasteiger partial charge in [-0.3, -0.25) is 4.79 Å². The molecule has 0 saturated heterocycles. The van der Waals surface area contributed by atoms with Crippen LogP contribution in [0.4, 0.5) is 0 Å². The van der Waals surface area contributed by atoms with Gasteiger partial charge in [0.15, 0.2) is 0 Å². The fourth-order valence-electron chi connectivity index (χ4n) is 1.45. The molecule has 1 amide bonds. The van der Waals surface area contributed by atoms with Crippen molar-refractivity contribution >= 4 is 34.7 Å². The minimum atomic E-state index is -0.0834. The Morgan fingerprint density at radius 2 is 2.00 bits per heavy atom. The minimum absolute atomic E-state index is 0.0332. The number of halogens is 1. The number of rotatable bonds is 4. The first kappa shape index (κ1) is 13.9. The van der Waals surface area contributed by atoms with Gasteiger partial charge in [-0.05, 0) is 24.6 Å². The van der Waals surface area contributed by atoms with Crippen LogP contribution in [0.3, 0.4) is 0 Å². The van der Waals surface area contributed by atoms with Gasteiger partial charge in [-0.15, -0.1) is 0 Å². The molecule has 1 unspecified atom stereocenters. The predicted octanol–water partition coefficient (Wildman–Crippen LogP) is 2.54. The van der Waals surface area contributed by atoms with E-state index in [0.29, 0.717) is 5.02 Å². The smallest absolute Gasteiger partial charge is 0.229 e. The molecule has 1 atom stereocenters. The van der Waals surface area contributed by atoms with Crippen LogP contribution < -0.4 is 5.73 Å². The summed E-state index contributed by atoms with van der Waals surface area (Å²) in [6, 6.07) is 7.38. The summed E-state index contributed by atoms with van der Waals surface area (Å²) in [5.74, 6) is -0.0834. The molecule has 1 aromatic rings. The summed E-state index contributed by atoms with van der Waals surface area (Å²) in [5.41, 5.74) is 6.38.